The SMILES string of the molecule is COc1nc(C)c(C)nc1NN. The van der Waals surface area contributed by atoms with Crippen LogP contribution in [0.4, 0.5) is 5.82 Å². The molecule has 0 amide bonds. The van der Waals surface area contributed by atoms with Gasteiger partial charge in [0.1, 0.15) is 0 Å². The van der Waals surface area contributed by atoms with E-state index in [4.69, 9.17) is 10.6 Å². The molecular weight excluding hydrogens is 156 g/mol. The summed E-state index contributed by atoms with van der Waals surface area (Å²) >= 11 is 0. The van der Waals surface area contributed by atoms with Crippen molar-refractivity contribution in [2.45, 2.75) is 13.8 Å². The first-order valence-corrected chi connectivity index (χ1v) is 3.55. The summed E-state index contributed by atoms with van der Waals surface area (Å²) in [6, 6.07) is 0. The van der Waals surface area contributed by atoms with E-state index >= 15 is 0 Å². The highest BCUT2D eigenvalue weighted by Crippen LogP contribution is 2.18. The van der Waals surface area contributed by atoms with Crippen molar-refractivity contribution < 1.29 is 4.74 Å². The van der Waals surface area contributed by atoms with Crippen LogP contribution >= 0.6 is 0 Å². The van der Waals surface area contributed by atoms with E-state index in [0.29, 0.717) is 11.7 Å². The number of nitrogens with one attached hydrogen (secondary N) is 1. The van der Waals surface area contributed by atoms with Crippen LogP contribution in [0, 0.1) is 13.8 Å². The van der Waals surface area contributed by atoms with Gasteiger partial charge in [0.2, 0.25) is 5.82 Å². The first kappa shape index (κ1) is 8.73. The number of hydrazine groups is 1. The lowest BCUT2D eigenvalue weighted by Gasteiger charge is -2.07. The lowest BCUT2D eigenvalue weighted by atomic mass is 10.3. The fraction of sp³-hybridized carbons (Fsp3) is 0.429. The molecule has 0 saturated carbocycles. The zero-order chi connectivity index (χ0) is 9.14. The molecule has 0 spiro atoms. The molecule has 3 N–H and O–H groups in total. The number of methoxy groups -OCH3 is 1. The summed E-state index contributed by atoms with van der Waals surface area (Å²) < 4.78 is 4.96. The van der Waals surface area contributed by atoms with Crippen molar-refractivity contribution in [1.29, 1.82) is 0 Å². The predicted molar refractivity (Wildman–Crippen MR) is 45.9 cm³/mol. The summed E-state index contributed by atoms with van der Waals surface area (Å²) in [6.07, 6.45) is 0. The van der Waals surface area contributed by atoms with E-state index in [1.54, 1.807) is 0 Å². The van der Waals surface area contributed by atoms with Gasteiger partial charge in [-0.25, -0.2) is 15.8 Å². The molecule has 66 valence electrons. The van der Waals surface area contributed by atoms with E-state index in [1.165, 1.54) is 7.11 Å². The molecule has 5 nitrogen and oxygen atoms in total. The number of ether oxygens (including phenoxy) is 1. The maximum absolute atomic E-state index is 5.21. The summed E-state index contributed by atoms with van der Waals surface area (Å²) in [5.74, 6) is 6.09. The minimum Gasteiger partial charge on any atom is -0.478 e. The molecule has 0 aliphatic heterocycles. The number of hydrogen-bond acceptors (Lipinski definition) is 5. The molecule has 1 aromatic heterocycles. The lowest BCUT2D eigenvalue weighted by Crippen LogP contribution is -2.12. The molecule has 5 heteroatoms. The van der Waals surface area contributed by atoms with Crippen molar-refractivity contribution in [3.8, 4) is 5.88 Å². The zero-order valence-corrected chi connectivity index (χ0v) is 7.38. The third-order valence-corrected chi connectivity index (χ3v) is 1.61. The molecule has 0 radical (unpaired) electrons. The molecule has 1 heterocycles. The fourth-order valence-corrected chi connectivity index (χ4v) is 0.819. The van der Waals surface area contributed by atoms with Gasteiger partial charge in [0, 0.05) is 0 Å². The van der Waals surface area contributed by atoms with Gasteiger partial charge in [-0.2, -0.15) is 0 Å². The summed E-state index contributed by atoms with van der Waals surface area (Å²) in [5, 5.41) is 0. The maximum Gasteiger partial charge on any atom is 0.258 e. The third kappa shape index (κ3) is 1.45. The van der Waals surface area contributed by atoms with E-state index in [2.05, 4.69) is 15.4 Å². The van der Waals surface area contributed by atoms with Crippen molar-refractivity contribution in [2.24, 2.45) is 5.84 Å². The Kier molecular flexibility index (Phi) is 2.44. The largest absolute Gasteiger partial charge is 0.478 e. The second-order valence-corrected chi connectivity index (χ2v) is 2.40. The molecule has 12 heavy (non-hydrogen) atoms. The average molecular weight is 168 g/mol. The van der Waals surface area contributed by atoms with Gasteiger partial charge in [-0.05, 0) is 13.8 Å². The molecule has 0 fully saturated rings. The number of hydrogen-bond donors (Lipinski definition) is 2. The van der Waals surface area contributed by atoms with E-state index in [-0.39, 0.29) is 0 Å². The van der Waals surface area contributed by atoms with Gasteiger partial charge >= 0.3 is 0 Å². The summed E-state index contributed by atoms with van der Waals surface area (Å²) in [7, 11) is 1.53. The fourth-order valence-electron chi connectivity index (χ4n) is 0.819. The zero-order valence-electron chi connectivity index (χ0n) is 7.38. The average Bonchev–Trinajstić information content (AvgIpc) is 2.09. The minimum atomic E-state index is 0.417. The molecule has 0 bridgehead atoms. The number of aryl methyl sites for hydroxylation is 2. The first-order chi connectivity index (χ1) is 5.69. The molecule has 0 unspecified atom stereocenters. The highest BCUT2D eigenvalue weighted by molar-refractivity contribution is 5.45. The molecule has 0 aliphatic rings. The van der Waals surface area contributed by atoms with Crippen LogP contribution < -0.4 is 16.0 Å². The highest BCUT2D eigenvalue weighted by atomic mass is 16.5. The number of aromatic nitrogens is 2. The van der Waals surface area contributed by atoms with Crippen molar-refractivity contribution in [3.63, 3.8) is 0 Å². The Morgan fingerprint density at radius 1 is 1.25 bits per heavy atom. The second kappa shape index (κ2) is 3.36. The number of nitrogens with zero attached hydrogens (tertiary/aromatic N) is 2. The standard InChI is InChI=1S/C7H12N4O/c1-4-5(2)10-7(12-3)6(9-4)11-8/h8H2,1-3H3,(H,9,11). The Morgan fingerprint density at radius 3 is 2.33 bits per heavy atom. The molecule has 0 atom stereocenters. The molecule has 0 saturated heterocycles. The first-order valence-electron chi connectivity index (χ1n) is 3.55. The van der Waals surface area contributed by atoms with Gasteiger partial charge in [0.05, 0.1) is 18.5 Å². The monoisotopic (exact) mass is 168 g/mol. The molecule has 1 rings (SSSR count). The van der Waals surface area contributed by atoms with Crippen LogP contribution in [0.2, 0.25) is 0 Å². The van der Waals surface area contributed by atoms with Crippen LogP contribution in [-0.4, -0.2) is 17.1 Å². The lowest BCUT2D eigenvalue weighted by molar-refractivity contribution is 0.396. The summed E-state index contributed by atoms with van der Waals surface area (Å²) in [5.41, 5.74) is 4.09. The predicted octanol–water partition coefficient (Wildman–Crippen LogP) is 0.388. The van der Waals surface area contributed by atoms with E-state index in [1.807, 2.05) is 13.8 Å². The highest BCUT2D eigenvalue weighted by Gasteiger charge is 2.06. The molecule has 0 aliphatic carbocycles. The van der Waals surface area contributed by atoms with E-state index < -0.39 is 0 Å². The van der Waals surface area contributed by atoms with Crippen molar-refractivity contribution in [1.82, 2.24) is 9.97 Å². The van der Waals surface area contributed by atoms with Crippen LogP contribution in [0.15, 0.2) is 0 Å². The third-order valence-electron chi connectivity index (χ3n) is 1.61. The summed E-state index contributed by atoms with van der Waals surface area (Å²) in [6.45, 7) is 3.73. The van der Waals surface area contributed by atoms with Gasteiger partial charge in [0.15, 0.2) is 0 Å². The molecule has 1 aromatic rings. The van der Waals surface area contributed by atoms with Gasteiger partial charge < -0.3 is 10.2 Å². The second-order valence-electron chi connectivity index (χ2n) is 2.40. The Balaban J connectivity index is 3.19. The Hall–Kier alpha value is -1.36. The molecule has 0 aromatic carbocycles. The van der Waals surface area contributed by atoms with Crippen molar-refractivity contribution in [3.05, 3.63) is 11.4 Å². The summed E-state index contributed by atoms with van der Waals surface area (Å²) in [4.78, 5) is 8.27. The Labute approximate surface area is 70.9 Å². The number of nitrogens with two attached hydrogens (primary N) is 1. The Morgan fingerprint density at radius 2 is 1.83 bits per heavy atom. The van der Waals surface area contributed by atoms with Crippen LogP contribution in [0.25, 0.3) is 0 Å². The Bertz CT molecular complexity index is 258. The number of rotatable bonds is 2. The van der Waals surface area contributed by atoms with Crippen LogP contribution in [0.1, 0.15) is 11.4 Å². The van der Waals surface area contributed by atoms with Crippen molar-refractivity contribution in [2.75, 3.05) is 12.5 Å². The van der Waals surface area contributed by atoms with Crippen molar-refractivity contribution >= 4 is 5.82 Å². The minimum absolute atomic E-state index is 0.417. The van der Waals surface area contributed by atoms with E-state index in [0.717, 1.165) is 11.4 Å². The smallest absolute Gasteiger partial charge is 0.258 e. The van der Waals surface area contributed by atoms with Gasteiger partial charge in [-0.3, -0.25) is 0 Å². The van der Waals surface area contributed by atoms with Crippen LogP contribution in [0.5, 0.6) is 5.88 Å². The topological polar surface area (TPSA) is 73.1 Å². The van der Waals surface area contributed by atoms with Crippen LogP contribution in [0.3, 0.4) is 0 Å². The maximum atomic E-state index is 5.21. The molecular formula is C7H12N4O. The van der Waals surface area contributed by atoms with Gasteiger partial charge in [0.25, 0.3) is 5.88 Å². The number of nitrogen functional groups attached to an aromatic ring is 1. The van der Waals surface area contributed by atoms with E-state index in [9.17, 15) is 0 Å². The quantitative estimate of drug-likeness (QED) is 0.493. The van der Waals surface area contributed by atoms with Gasteiger partial charge in [-0.15, -0.1) is 0 Å². The number of anilines is 1. The van der Waals surface area contributed by atoms with Gasteiger partial charge in [-0.1, -0.05) is 0 Å². The normalized spacial score (nSPS) is 9.67. The van der Waals surface area contributed by atoms with Crippen LogP contribution in [-0.2, 0) is 0 Å².